The first-order chi connectivity index (χ1) is 15.8. The monoisotopic (exact) mass is 481 g/mol. The van der Waals surface area contributed by atoms with Crippen LogP contribution in [0.5, 0.6) is 5.75 Å². The minimum absolute atomic E-state index is 0.00292. The number of benzene rings is 1. The Kier molecular flexibility index (Phi) is 7.33. The summed E-state index contributed by atoms with van der Waals surface area (Å²) in [5.41, 5.74) is -0.562. The normalized spacial score (nSPS) is 17.3. The fraction of sp³-hybridized carbons (Fsp3) is 0.520. The molecule has 1 aliphatic heterocycles. The number of carbonyl (C=O) groups excluding carboxylic acids is 2. The summed E-state index contributed by atoms with van der Waals surface area (Å²) in [6.07, 6.45) is -2.84. The van der Waals surface area contributed by atoms with Crippen LogP contribution in [-0.2, 0) is 10.9 Å². The van der Waals surface area contributed by atoms with Gasteiger partial charge in [0.15, 0.2) is 5.76 Å². The van der Waals surface area contributed by atoms with Gasteiger partial charge < -0.3 is 18.8 Å². The minimum Gasteiger partial charge on any atom is -0.496 e. The summed E-state index contributed by atoms with van der Waals surface area (Å²) in [5, 5.41) is 0. The zero-order chi connectivity index (χ0) is 25.3. The molecule has 9 heteroatoms. The van der Waals surface area contributed by atoms with Crippen molar-refractivity contribution in [3.63, 3.8) is 0 Å². The molecular weight excluding hydrogens is 451 g/mol. The summed E-state index contributed by atoms with van der Waals surface area (Å²) < 4.78 is 55.7. The first-order valence-corrected chi connectivity index (χ1v) is 11.2. The van der Waals surface area contributed by atoms with E-state index in [1.54, 1.807) is 38.7 Å². The van der Waals surface area contributed by atoms with E-state index in [0.29, 0.717) is 24.1 Å². The van der Waals surface area contributed by atoms with Crippen molar-refractivity contribution in [2.24, 2.45) is 5.92 Å². The average molecular weight is 482 g/mol. The van der Waals surface area contributed by atoms with Crippen LogP contribution in [0, 0.1) is 12.8 Å². The van der Waals surface area contributed by atoms with Gasteiger partial charge in [-0.25, -0.2) is 4.79 Å². The number of methoxy groups -OCH3 is 1. The molecule has 3 rings (SSSR count). The van der Waals surface area contributed by atoms with Gasteiger partial charge in [-0.05, 0) is 70.4 Å². The Balaban J connectivity index is 1.85. The van der Waals surface area contributed by atoms with Gasteiger partial charge in [-0.15, -0.1) is 0 Å². The molecule has 1 atom stereocenters. The second-order valence-electron chi connectivity index (χ2n) is 9.52. The molecule has 1 saturated heterocycles. The molecule has 0 bridgehead atoms. The van der Waals surface area contributed by atoms with Crippen molar-refractivity contribution in [1.82, 2.24) is 4.90 Å². The van der Waals surface area contributed by atoms with Gasteiger partial charge in [-0.3, -0.25) is 4.79 Å². The number of aryl methyl sites for hydroxylation is 1. The Hall–Kier alpha value is -2.97. The Morgan fingerprint density at radius 2 is 1.82 bits per heavy atom. The van der Waals surface area contributed by atoms with Crippen LogP contribution in [0.2, 0.25) is 0 Å². The fourth-order valence-corrected chi connectivity index (χ4v) is 3.98. The number of nitrogens with zero attached hydrogens (tertiary/aromatic N) is 1. The lowest BCUT2D eigenvalue weighted by atomic mass is 9.96. The Bertz CT molecular complexity index is 1050. The van der Waals surface area contributed by atoms with Gasteiger partial charge in [-0.1, -0.05) is 6.42 Å². The van der Waals surface area contributed by atoms with Crippen molar-refractivity contribution < 1.29 is 36.7 Å². The third-order valence-electron chi connectivity index (χ3n) is 5.63. The average Bonchev–Trinajstić information content (AvgIpc) is 2.95. The Labute approximate surface area is 197 Å². The molecule has 0 radical (unpaired) electrons. The zero-order valence-corrected chi connectivity index (χ0v) is 20.0. The number of Topliss-reactive ketones (excluding diaryl/α,β-unsaturated/α-hetero) is 1. The number of alkyl halides is 3. The lowest BCUT2D eigenvalue weighted by molar-refractivity contribution is -0.137. The SMILES string of the molecule is COc1cc(C(F)(F)F)ccc1-c1oc(C(=O)C2CCCCN(C(=O)OC(C)(C)C)C2)cc1C. The third kappa shape index (κ3) is 5.93. The highest BCUT2D eigenvalue weighted by atomic mass is 19.4. The first kappa shape index (κ1) is 25.6. The highest BCUT2D eigenvalue weighted by molar-refractivity contribution is 5.96. The van der Waals surface area contributed by atoms with E-state index in [0.717, 1.165) is 25.0 Å². The number of furan rings is 1. The van der Waals surface area contributed by atoms with Crippen molar-refractivity contribution in [1.29, 1.82) is 0 Å². The van der Waals surface area contributed by atoms with Gasteiger partial charge in [0.2, 0.25) is 5.78 Å². The molecule has 2 heterocycles. The summed E-state index contributed by atoms with van der Waals surface area (Å²) >= 11 is 0. The van der Waals surface area contributed by atoms with Crippen LogP contribution in [0.4, 0.5) is 18.0 Å². The maximum Gasteiger partial charge on any atom is 0.416 e. The fourth-order valence-electron chi connectivity index (χ4n) is 3.98. The van der Waals surface area contributed by atoms with Crippen molar-refractivity contribution in [3.8, 4) is 17.1 Å². The molecule has 34 heavy (non-hydrogen) atoms. The van der Waals surface area contributed by atoms with Gasteiger partial charge in [0.05, 0.1) is 18.2 Å². The van der Waals surface area contributed by atoms with Gasteiger partial charge in [0, 0.05) is 19.0 Å². The van der Waals surface area contributed by atoms with E-state index in [4.69, 9.17) is 13.9 Å². The summed E-state index contributed by atoms with van der Waals surface area (Å²) in [6, 6.07) is 4.71. The van der Waals surface area contributed by atoms with E-state index in [1.165, 1.54) is 13.2 Å². The summed E-state index contributed by atoms with van der Waals surface area (Å²) in [4.78, 5) is 27.4. The van der Waals surface area contributed by atoms with Crippen LogP contribution in [0.25, 0.3) is 11.3 Å². The third-order valence-corrected chi connectivity index (χ3v) is 5.63. The van der Waals surface area contributed by atoms with Crippen molar-refractivity contribution in [2.45, 2.75) is 58.7 Å². The summed E-state index contributed by atoms with van der Waals surface area (Å²) in [6.45, 7) is 7.79. The van der Waals surface area contributed by atoms with Crippen molar-refractivity contribution in [2.75, 3.05) is 20.2 Å². The number of halogens is 3. The van der Waals surface area contributed by atoms with Gasteiger partial charge >= 0.3 is 12.3 Å². The number of rotatable bonds is 4. The Morgan fingerprint density at radius 1 is 1.12 bits per heavy atom. The lowest BCUT2D eigenvalue weighted by Gasteiger charge is -2.27. The van der Waals surface area contributed by atoms with Crippen LogP contribution >= 0.6 is 0 Å². The lowest BCUT2D eigenvalue weighted by Crippen LogP contribution is -2.40. The number of amides is 1. The van der Waals surface area contributed by atoms with E-state index < -0.39 is 29.4 Å². The van der Waals surface area contributed by atoms with Gasteiger partial charge in [-0.2, -0.15) is 13.2 Å². The van der Waals surface area contributed by atoms with Crippen molar-refractivity contribution in [3.05, 3.63) is 41.2 Å². The van der Waals surface area contributed by atoms with Crippen LogP contribution in [-0.4, -0.2) is 42.6 Å². The molecule has 1 aromatic heterocycles. The van der Waals surface area contributed by atoms with Crippen LogP contribution < -0.4 is 4.74 Å². The molecule has 0 saturated carbocycles. The molecule has 186 valence electrons. The van der Waals surface area contributed by atoms with E-state index in [2.05, 4.69) is 0 Å². The van der Waals surface area contributed by atoms with Gasteiger partial charge in [0.1, 0.15) is 17.1 Å². The topological polar surface area (TPSA) is 69.0 Å². The highest BCUT2D eigenvalue weighted by Crippen LogP contribution is 2.39. The molecule has 2 aromatic rings. The first-order valence-electron chi connectivity index (χ1n) is 11.2. The molecule has 0 spiro atoms. The quantitative estimate of drug-likeness (QED) is 0.466. The van der Waals surface area contributed by atoms with Gasteiger partial charge in [0.25, 0.3) is 0 Å². The number of hydrogen-bond acceptors (Lipinski definition) is 5. The molecule has 0 N–H and O–H groups in total. The molecule has 1 fully saturated rings. The predicted molar refractivity (Wildman–Crippen MR) is 120 cm³/mol. The minimum atomic E-state index is -4.51. The molecule has 1 aromatic carbocycles. The number of likely N-dealkylation sites (tertiary alicyclic amines) is 1. The molecule has 1 amide bonds. The standard InChI is InChI=1S/C25H30F3NO5/c1-15-12-20(33-22(15)18-10-9-17(25(26,27)28)13-19(18)32-5)21(30)16-8-6-7-11-29(14-16)23(31)34-24(2,3)4/h9-10,12-13,16H,6-8,11,14H2,1-5H3. The smallest absolute Gasteiger partial charge is 0.416 e. The zero-order valence-electron chi connectivity index (χ0n) is 20.0. The predicted octanol–water partition coefficient (Wildman–Crippen LogP) is 6.50. The van der Waals surface area contributed by atoms with Crippen LogP contribution in [0.15, 0.2) is 28.7 Å². The number of hydrogen-bond donors (Lipinski definition) is 0. The molecule has 0 aliphatic carbocycles. The summed E-state index contributed by atoms with van der Waals surface area (Å²) in [7, 11) is 1.28. The van der Waals surface area contributed by atoms with E-state index >= 15 is 0 Å². The second kappa shape index (κ2) is 9.72. The molecule has 6 nitrogen and oxygen atoms in total. The Morgan fingerprint density at radius 3 is 2.44 bits per heavy atom. The highest BCUT2D eigenvalue weighted by Gasteiger charge is 2.33. The number of ketones is 1. The van der Waals surface area contributed by atoms with Crippen LogP contribution in [0.1, 0.15) is 61.7 Å². The number of carbonyl (C=O) groups is 2. The van der Waals surface area contributed by atoms with Crippen molar-refractivity contribution >= 4 is 11.9 Å². The van der Waals surface area contributed by atoms with Crippen LogP contribution in [0.3, 0.4) is 0 Å². The maximum absolute atomic E-state index is 13.3. The van der Waals surface area contributed by atoms with E-state index in [-0.39, 0.29) is 29.6 Å². The number of ether oxygens (including phenoxy) is 2. The summed E-state index contributed by atoms with van der Waals surface area (Å²) in [5.74, 6) is -0.354. The maximum atomic E-state index is 13.3. The van der Waals surface area contributed by atoms with E-state index in [9.17, 15) is 22.8 Å². The molecule has 1 unspecified atom stereocenters. The molecule has 1 aliphatic rings. The second-order valence-corrected chi connectivity index (χ2v) is 9.52. The largest absolute Gasteiger partial charge is 0.496 e. The molecular formula is C25H30F3NO5. The van der Waals surface area contributed by atoms with E-state index in [1.807, 2.05) is 0 Å².